The van der Waals surface area contributed by atoms with E-state index in [2.05, 4.69) is 4.74 Å². The lowest BCUT2D eigenvalue weighted by Gasteiger charge is -2.27. The normalized spacial score (nSPS) is 30.7. The molecular weight excluding hydrogens is 170 g/mol. The molecule has 13 heavy (non-hydrogen) atoms. The summed E-state index contributed by atoms with van der Waals surface area (Å²) in [5, 5.41) is 0. The summed E-state index contributed by atoms with van der Waals surface area (Å²) in [5.74, 6) is 0.0837. The van der Waals surface area contributed by atoms with E-state index in [1.165, 1.54) is 20.0 Å². The largest absolute Gasteiger partial charge is 0.462 e. The Morgan fingerprint density at radius 2 is 1.77 bits per heavy atom. The van der Waals surface area contributed by atoms with Crippen molar-refractivity contribution in [2.24, 2.45) is 11.8 Å². The van der Waals surface area contributed by atoms with E-state index in [0.717, 1.165) is 13.1 Å². The first-order valence-electron chi connectivity index (χ1n) is 4.59. The Labute approximate surface area is 76.8 Å². The van der Waals surface area contributed by atoms with Gasteiger partial charge in [0.15, 0.2) is 0 Å². The molecule has 1 saturated carbocycles. The molecule has 4 nitrogen and oxygen atoms in total. The summed E-state index contributed by atoms with van der Waals surface area (Å²) in [6.45, 7) is 1.50. The van der Waals surface area contributed by atoms with Crippen molar-refractivity contribution in [2.75, 3.05) is 20.2 Å². The fraction of sp³-hybridized carbons (Fsp3) is 0.778. The summed E-state index contributed by atoms with van der Waals surface area (Å²) in [7, 11) is 1.24. The lowest BCUT2D eigenvalue weighted by molar-refractivity contribution is -0.157. The topological polar surface area (TPSA) is 46.6 Å². The van der Waals surface area contributed by atoms with Crippen molar-refractivity contribution >= 4 is 11.9 Å². The fourth-order valence-electron chi connectivity index (χ4n) is 2.14. The van der Waals surface area contributed by atoms with Crippen LogP contribution in [0.1, 0.15) is 12.8 Å². The lowest BCUT2D eigenvalue weighted by atomic mass is 9.77. The van der Waals surface area contributed by atoms with E-state index in [9.17, 15) is 9.59 Å². The van der Waals surface area contributed by atoms with Crippen molar-refractivity contribution in [1.82, 2.24) is 4.90 Å². The number of carbonyl (C=O) groups is 2. The predicted octanol–water partition coefficient (Wildman–Crippen LogP) is 0.0278. The van der Waals surface area contributed by atoms with Crippen molar-refractivity contribution in [3.8, 4) is 0 Å². The molecule has 0 spiro atoms. The van der Waals surface area contributed by atoms with Gasteiger partial charge >= 0.3 is 11.9 Å². The maximum Gasteiger partial charge on any atom is 0.396 e. The second-order valence-electron chi connectivity index (χ2n) is 3.80. The number of ether oxygens (including phenoxy) is 1. The molecule has 72 valence electrons. The number of likely N-dealkylation sites (tertiary alicyclic amines) is 1. The van der Waals surface area contributed by atoms with E-state index in [4.69, 9.17) is 0 Å². The number of rotatable bonds is 0. The molecular formula is C9H13NO3. The molecule has 1 aliphatic heterocycles. The summed E-state index contributed by atoms with van der Waals surface area (Å²) < 4.78 is 4.39. The summed E-state index contributed by atoms with van der Waals surface area (Å²) >= 11 is 0. The van der Waals surface area contributed by atoms with Crippen molar-refractivity contribution in [2.45, 2.75) is 12.8 Å². The molecule has 2 rings (SSSR count). The first-order chi connectivity index (χ1) is 6.22. The summed E-state index contributed by atoms with van der Waals surface area (Å²) in [5.41, 5.74) is 0. The third-order valence-electron chi connectivity index (χ3n) is 3.13. The second kappa shape index (κ2) is 3.01. The first-order valence-corrected chi connectivity index (χ1v) is 4.59. The lowest BCUT2D eigenvalue weighted by Crippen LogP contribution is -2.35. The third kappa shape index (κ3) is 1.30. The summed E-state index contributed by atoms with van der Waals surface area (Å²) in [4.78, 5) is 23.9. The van der Waals surface area contributed by atoms with Crippen LogP contribution in [-0.4, -0.2) is 37.0 Å². The Morgan fingerprint density at radius 3 is 2.15 bits per heavy atom. The Morgan fingerprint density at radius 1 is 1.23 bits per heavy atom. The molecule has 1 heterocycles. The average Bonchev–Trinajstić information content (AvgIpc) is 2.40. The number of methoxy groups -OCH3 is 1. The Hall–Kier alpha value is -1.06. The molecule has 0 N–H and O–H groups in total. The molecule has 0 aromatic heterocycles. The zero-order valence-corrected chi connectivity index (χ0v) is 7.66. The van der Waals surface area contributed by atoms with Crippen LogP contribution in [0.3, 0.4) is 0 Å². The molecule has 0 aromatic carbocycles. The molecule has 4 heteroatoms. The molecule has 0 bridgehead atoms. The maximum atomic E-state index is 11.3. The first kappa shape index (κ1) is 8.53. The van der Waals surface area contributed by atoms with Gasteiger partial charge in [0.2, 0.25) is 0 Å². The molecule has 0 radical (unpaired) electrons. The van der Waals surface area contributed by atoms with E-state index in [0.29, 0.717) is 11.8 Å². The van der Waals surface area contributed by atoms with Crippen LogP contribution in [0.5, 0.6) is 0 Å². The number of hydrogen-bond donors (Lipinski definition) is 0. The van der Waals surface area contributed by atoms with Gasteiger partial charge in [-0.15, -0.1) is 0 Å². The van der Waals surface area contributed by atoms with E-state index in [-0.39, 0.29) is 0 Å². The van der Waals surface area contributed by atoms with Crippen LogP contribution in [0, 0.1) is 11.8 Å². The van der Waals surface area contributed by atoms with E-state index in [1.54, 1.807) is 4.90 Å². The maximum absolute atomic E-state index is 11.3. The standard InChI is InChI=1S/C9H13NO3/c1-13-9(12)8(11)10-4-6-2-3-7(6)5-10/h6-7H,2-5H2,1H3. The van der Waals surface area contributed by atoms with Crippen LogP contribution in [-0.2, 0) is 14.3 Å². The Balaban J connectivity index is 1.95. The van der Waals surface area contributed by atoms with Gasteiger partial charge in [-0.25, -0.2) is 4.79 Å². The van der Waals surface area contributed by atoms with Crippen LogP contribution in [0.2, 0.25) is 0 Å². The Kier molecular flexibility index (Phi) is 1.98. The highest BCUT2D eigenvalue weighted by Gasteiger charge is 2.42. The number of esters is 1. The van der Waals surface area contributed by atoms with Crippen LogP contribution < -0.4 is 0 Å². The molecule has 1 aliphatic carbocycles. The van der Waals surface area contributed by atoms with Gasteiger partial charge in [-0.1, -0.05) is 0 Å². The van der Waals surface area contributed by atoms with Crippen LogP contribution in [0.15, 0.2) is 0 Å². The van der Waals surface area contributed by atoms with E-state index >= 15 is 0 Å². The number of carbonyl (C=O) groups excluding carboxylic acids is 2. The second-order valence-corrected chi connectivity index (χ2v) is 3.80. The van der Waals surface area contributed by atoms with Crippen LogP contribution >= 0.6 is 0 Å². The van der Waals surface area contributed by atoms with E-state index < -0.39 is 11.9 Å². The molecule has 2 aliphatic rings. The SMILES string of the molecule is COC(=O)C(=O)N1CC2CCC2C1. The van der Waals surface area contributed by atoms with Gasteiger partial charge in [0.25, 0.3) is 0 Å². The number of fused-ring (bicyclic) bond motifs is 1. The summed E-state index contributed by atoms with van der Waals surface area (Å²) in [6, 6.07) is 0. The smallest absolute Gasteiger partial charge is 0.396 e. The highest BCUT2D eigenvalue weighted by Crippen LogP contribution is 2.40. The Bertz CT molecular complexity index is 239. The highest BCUT2D eigenvalue weighted by atomic mass is 16.5. The zero-order valence-electron chi connectivity index (χ0n) is 7.66. The van der Waals surface area contributed by atoms with Crippen molar-refractivity contribution in [1.29, 1.82) is 0 Å². The number of nitrogens with zero attached hydrogens (tertiary/aromatic N) is 1. The van der Waals surface area contributed by atoms with Gasteiger partial charge in [-0.05, 0) is 24.7 Å². The molecule has 2 unspecified atom stereocenters. The molecule has 2 atom stereocenters. The monoisotopic (exact) mass is 183 g/mol. The minimum atomic E-state index is -0.735. The highest BCUT2D eigenvalue weighted by molar-refractivity contribution is 6.32. The third-order valence-corrected chi connectivity index (χ3v) is 3.13. The van der Waals surface area contributed by atoms with Gasteiger partial charge in [0.05, 0.1) is 7.11 Å². The van der Waals surface area contributed by atoms with Crippen molar-refractivity contribution in [3.05, 3.63) is 0 Å². The minimum absolute atomic E-state index is 0.475. The fourth-order valence-corrected chi connectivity index (χ4v) is 2.14. The summed E-state index contributed by atoms with van der Waals surface area (Å²) in [6.07, 6.45) is 2.41. The number of amides is 1. The van der Waals surface area contributed by atoms with Gasteiger partial charge in [-0.2, -0.15) is 0 Å². The van der Waals surface area contributed by atoms with Gasteiger partial charge in [0, 0.05) is 13.1 Å². The molecule has 0 aromatic rings. The van der Waals surface area contributed by atoms with Crippen LogP contribution in [0.4, 0.5) is 0 Å². The van der Waals surface area contributed by atoms with E-state index in [1.807, 2.05) is 0 Å². The molecule has 2 fully saturated rings. The van der Waals surface area contributed by atoms with Gasteiger partial charge in [0.1, 0.15) is 0 Å². The van der Waals surface area contributed by atoms with Gasteiger partial charge < -0.3 is 9.64 Å². The quantitative estimate of drug-likeness (QED) is 0.393. The van der Waals surface area contributed by atoms with Crippen LogP contribution in [0.25, 0.3) is 0 Å². The number of hydrogen-bond acceptors (Lipinski definition) is 3. The predicted molar refractivity (Wildman–Crippen MR) is 44.8 cm³/mol. The van der Waals surface area contributed by atoms with Gasteiger partial charge in [-0.3, -0.25) is 4.79 Å². The zero-order chi connectivity index (χ0) is 9.42. The molecule has 1 saturated heterocycles. The molecule has 1 amide bonds. The van der Waals surface area contributed by atoms with Crippen molar-refractivity contribution in [3.63, 3.8) is 0 Å². The van der Waals surface area contributed by atoms with Crippen molar-refractivity contribution < 1.29 is 14.3 Å². The average molecular weight is 183 g/mol. The minimum Gasteiger partial charge on any atom is -0.462 e.